The van der Waals surface area contributed by atoms with Crippen LogP contribution in [0.2, 0.25) is 0 Å². The lowest BCUT2D eigenvalue weighted by Crippen LogP contribution is -2.25. The Morgan fingerprint density at radius 2 is 1.95 bits per heavy atom. The summed E-state index contributed by atoms with van der Waals surface area (Å²) in [5.74, 6) is -1.85. The molecule has 0 fully saturated rings. The van der Waals surface area contributed by atoms with Gasteiger partial charge in [-0.05, 0) is 26.2 Å². The first-order valence-corrected chi connectivity index (χ1v) is 6.57. The first-order chi connectivity index (χ1) is 8.75. The molecule has 0 aromatic carbocycles. The number of ketones is 2. The van der Waals surface area contributed by atoms with E-state index in [1.807, 2.05) is 33.8 Å². The van der Waals surface area contributed by atoms with E-state index in [1.54, 1.807) is 0 Å². The van der Waals surface area contributed by atoms with Gasteiger partial charge < -0.3 is 10.2 Å². The number of carbonyl (C=O) groups is 2. The SMILES string of the molecule is CC(C)=CC[C@@H]1C(O)=C(C(=O)CC(C)C)C(=O)C1O. The van der Waals surface area contributed by atoms with Gasteiger partial charge in [-0.15, -0.1) is 0 Å². The highest BCUT2D eigenvalue weighted by Crippen LogP contribution is 2.32. The van der Waals surface area contributed by atoms with Crippen molar-refractivity contribution >= 4 is 11.6 Å². The molecule has 0 radical (unpaired) electrons. The molecule has 0 aromatic heterocycles. The zero-order valence-corrected chi connectivity index (χ0v) is 11.9. The van der Waals surface area contributed by atoms with Gasteiger partial charge in [0.25, 0.3) is 0 Å². The van der Waals surface area contributed by atoms with Gasteiger partial charge in [0.1, 0.15) is 17.4 Å². The summed E-state index contributed by atoms with van der Waals surface area (Å²) in [6, 6.07) is 0. The molecular weight excluding hydrogens is 244 g/mol. The van der Waals surface area contributed by atoms with Crippen LogP contribution in [-0.4, -0.2) is 27.9 Å². The van der Waals surface area contributed by atoms with Crippen LogP contribution in [0.1, 0.15) is 40.5 Å². The molecule has 1 aliphatic rings. The Bertz CT molecular complexity index is 439. The molecular formula is C15H22O4. The fourth-order valence-electron chi connectivity index (χ4n) is 2.15. The molecule has 4 nitrogen and oxygen atoms in total. The minimum atomic E-state index is -1.30. The highest BCUT2D eigenvalue weighted by Gasteiger charge is 2.43. The Labute approximate surface area is 113 Å². The zero-order chi connectivity index (χ0) is 14.7. The summed E-state index contributed by atoms with van der Waals surface area (Å²) in [7, 11) is 0. The van der Waals surface area contributed by atoms with Gasteiger partial charge in [0.15, 0.2) is 11.6 Å². The molecule has 0 aromatic rings. The first-order valence-electron chi connectivity index (χ1n) is 6.57. The van der Waals surface area contributed by atoms with Crippen LogP contribution < -0.4 is 0 Å². The second kappa shape index (κ2) is 6.15. The van der Waals surface area contributed by atoms with E-state index in [4.69, 9.17) is 0 Å². The van der Waals surface area contributed by atoms with Crippen LogP contribution >= 0.6 is 0 Å². The first kappa shape index (κ1) is 15.6. The Morgan fingerprint density at radius 3 is 2.42 bits per heavy atom. The Hall–Kier alpha value is -1.42. The third kappa shape index (κ3) is 3.53. The van der Waals surface area contributed by atoms with Crippen LogP contribution in [-0.2, 0) is 9.59 Å². The maximum absolute atomic E-state index is 11.9. The molecule has 1 unspecified atom stereocenters. The summed E-state index contributed by atoms with van der Waals surface area (Å²) in [5, 5.41) is 19.9. The number of aliphatic hydroxyl groups is 2. The number of Topliss-reactive ketones (excluding diaryl/α,β-unsaturated/α-hetero) is 2. The van der Waals surface area contributed by atoms with Crippen molar-refractivity contribution in [2.75, 3.05) is 0 Å². The van der Waals surface area contributed by atoms with E-state index in [2.05, 4.69) is 0 Å². The summed E-state index contributed by atoms with van der Waals surface area (Å²) in [6.07, 6.45) is 1.10. The summed E-state index contributed by atoms with van der Waals surface area (Å²) < 4.78 is 0. The number of rotatable bonds is 5. The van der Waals surface area contributed by atoms with Crippen LogP contribution in [0.3, 0.4) is 0 Å². The lowest BCUT2D eigenvalue weighted by molar-refractivity contribution is -0.126. The van der Waals surface area contributed by atoms with Crippen LogP contribution in [0.15, 0.2) is 23.0 Å². The predicted molar refractivity (Wildman–Crippen MR) is 72.7 cm³/mol. The van der Waals surface area contributed by atoms with Crippen molar-refractivity contribution in [1.82, 2.24) is 0 Å². The number of hydrogen-bond acceptors (Lipinski definition) is 4. The van der Waals surface area contributed by atoms with Gasteiger partial charge in [0.05, 0.1) is 5.92 Å². The molecule has 0 saturated carbocycles. The van der Waals surface area contributed by atoms with Crippen LogP contribution in [0, 0.1) is 11.8 Å². The normalized spacial score (nSPS) is 23.2. The predicted octanol–water partition coefficient (Wildman–Crippen LogP) is 2.33. The van der Waals surface area contributed by atoms with Crippen LogP contribution in [0.25, 0.3) is 0 Å². The molecule has 0 saturated heterocycles. The third-order valence-corrected chi connectivity index (χ3v) is 3.16. The van der Waals surface area contributed by atoms with Gasteiger partial charge in [-0.25, -0.2) is 0 Å². The van der Waals surface area contributed by atoms with Gasteiger partial charge in [0.2, 0.25) is 0 Å². The number of carbonyl (C=O) groups excluding carboxylic acids is 2. The molecule has 19 heavy (non-hydrogen) atoms. The van der Waals surface area contributed by atoms with Crippen LogP contribution in [0.5, 0.6) is 0 Å². The minimum Gasteiger partial charge on any atom is -0.511 e. The average molecular weight is 266 g/mol. The maximum atomic E-state index is 11.9. The lowest BCUT2D eigenvalue weighted by atomic mass is 9.99. The molecule has 0 aliphatic heterocycles. The molecule has 1 aliphatic carbocycles. The average Bonchev–Trinajstić information content (AvgIpc) is 2.47. The van der Waals surface area contributed by atoms with Crippen molar-refractivity contribution in [3.63, 3.8) is 0 Å². The molecule has 0 heterocycles. The van der Waals surface area contributed by atoms with Crippen molar-refractivity contribution in [1.29, 1.82) is 0 Å². The van der Waals surface area contributed by atoms with E-state index >= 15 is 0 Å². The topological polar surface area (TPSA) is 74.6 Å². The highest BCUT2D eigenvalue weighted by atomic mass is 16.3. The van der Waals surface area contributed by atoms with E-state index in [9.17, 15) is 19.8 Å². The quantitative estimate of drug-likeness (QED) is 0.591. The van der Waals surface area contributed by atoms with Gasteiger partial charge in [-0.3, -0.25) is 9.59 Å². The zero-order valence-electron chi connectivity index (χ0n) is 11.9. The van der Waals surface area contributed by atoms with Gasteiger partial charge in [-0.2, -0.15) is 0 Å². The van der Waals surface area contributed by atoms with E-state index in [-0.39, 0.29) is 29.5 Å². The van der Waals surface area contributed by atoms with Crippen molar-refractivity contribution in [2.24, 2.45) is 11.8 Å². The highest BCUT2D eigenvalue weighted by molar-refractivity contribution is 6.23. The molecule has 0 bridgehead atoms. The Kier molecular flexibility index (Phi) is 5.06. The molecule has 0 spiro atoms. The summed E-state index contributed by atoms with van der Waals surface area (Å²) >= 11 is 0. The summed E-state index contributed by atoms with van der Waals surface area (Å²) in [5.41, 5.74) is 0.836. The van der Waals surface area contributed by atoms with Crippen molar-refractivity contribution in [3.05, 3.63) is 23.0 Å². The number of aliphatic hydroxyl groups excluding tert-OH is 2. The van der Waals surface area contributed by atoms with E-state index < -0.39 is 17.8 Å². The van der Waals surface area contributed by atoms with E-state index in [0.717, 1.165) is 5.57 Å². The lowest BCUT2D eigenvalue weighted by Gasteiger charge is -2.11. The second-order valence-corrected chi connectivity index (χ2v) is 5.71. The van der Waals surface area contributed by atoms with Crippen molar-refractivity contribution < 1.29 is 19.8 Å². The molecule has 106 valence electrons. The van der Waals surface area contributed by atoms with Gasteiger partial charge >= 0.3 is 0 Å². The monoisotopic (exact) mass is 266 g/mol. The van der Waals surface area contributed by atoms with E-state index in [1.165, 1.54) is 0 Å². The van der Waals surface area contributed by atoms with Crippen molar-refractivity contribution in [3.8, 4) is 0 Å². The third-order valence-electron chi connectivity index (χ3n) is 3.16. The smallest absolute Gasteiger partial charge is 0.199 e. The van der Waals surface area contributed by atoms with Crippen molar-refractivity contribution in [2.45, 2.75) is 46.6 Å². The standard InChI is InChI=1S/C15H22O4/c1-8(2)5-6-10-13(17)12(15(19)14(10)18)11(16)7-9(3)4/h5,9-10,14,17-18H,6-7H2,1-4H3/t10-,14?/m1/s1. The van der Waals surface area contributed by atoms with Crippen LogP contribution in [0.4, 0.5) is 0 Å². The van der Waals surface area contributed by atoms with Gasteiger partial charge in [0, 0.05) is 6.42 Å². The molecule has 0 amide bonds. The summed E-state index contributed by atoms with van der Waals surface area (Å²) in [6.45, 7) is 7.53. The largest absolute Gasteiger partial charge is 0.511 e. The molecule has 1 rings (SSSR count). The molecule has 2 N–H and O–H groups in total. The number of allylic oxidation sites excluding steroid dienone is 2. The van der Waals surface area contributed by atoms with Gasteiger partial charge in [-0.1, -0.05) is 25.5 Å². The summed E-state index contributed by atoms with van der Waals surface area (Å²) in [4.78, 5) is 23.8. The van der Waals surface area contributed by atoms with E-state index in [0.29, 0.717) is 6.42 Å². The maximum Gasteiger partial charge on any atom is 0.199 e. The fraction of sp³-hybridized carbons (Fsp3) is 0.600. The molecule has 2 atom stereocenters. The Balaban J connectivity index is 2.99. The molecule has 4 heteroatoms. The number of hydrogen-bond donors (Lipinski definition) is 2. The Morgan fingerprint density at radius 1 is 1.37 bits per heavy atom. The second-order valence-electron chi connectivity index (χ2n) is 5.71. The minimum absolute atomic E-state index is 0.106. The fourth-order valence-corrected chi connectivity index (χ4v) is 2.15.